The fourth-order valence-electron chi connectivity index (χ4n) is 4.34. The van der Waals surface area contributed by atoms with Gasteiger partial charge < -0.3 is 19.4 Å². The van der Waals surface area contributed by atoms with Crippen LogP contribution in [0.25, 0.3) is 0 Å². The highest BCUT2D eigenvalue weighted by molar-refractivity contribution is 7.81. The molecule has 0 radical (unpaired) electrons. The summed E-state index contributed by atoms with van der Waals surface area (Å²) in [6.45, 7) is 8.30. The van der Waals surface area contributed by atoms with Crippen molar-refractivity contribution in [2.45, 2.75) is 62.2 Å². The highest BCUT2D eigenvalue weighted by Crippen LogP contribution is 2.38. The maximum Gasteiger partial charge on any atom is 0.511 e. The van der Waals surface area contributed by atoms with Crippen LogP contribution in [0.15, 0.2) is 61.7 Å². The van der Waals surface area contributed by atoms with Crippen LogP contribution in [0.5, 0.6) is 0 Å². The number of thiol groups is 2. The topological polar surface area (TPSA) is 119 Å². The molecule has 38 heavy (non-hydrogen) atoms. The molecule has 0 aliphatic heterocycles. The summed E-state index contributed by atoms with van der Waals surface area (Å²) in [6, 6.07) is 3.78. The monoisotopic (exact) mass is 552 g/mol. The van der Waals surface area contributed by atoms with Gasteiger partial charge in [-0.05, 0) is 46.2 Å². The molecule has 9 nitrogen and oxygen atoms in total. The van der Waals surface area contributed by atoms with E-state index >= 15 is 0 Å². The van der Waals surface area contributed by atoms with Crippen molar-refractivity contribution >= 4 is 31.4 Å². The molecule has 0 spiro atoms. The molecule has 0 bridgehead atoms. The zero-order valence-electron chi connectivity index (χ0n) is 21.8. The van der Waals surface area contributed by atoms with E-state index in [1.54, 1.807) is 37.2 Å². The van der Waals surface area contributed by atoms with Crippen LogP contribution in [0, 0.1) is 0 Å². The van der Waals surface area contributed by atoms with Crippen LogP contribution in [0.2, 0.25) is 0 Å². The van der Waals surface area contributed by atoms with Crippen LogP contribution in [-0.4, -0.2) is 36.1 Å². The number of hydrogen-bond donors (Lipinski definition) is 4. The van der Waals surface area contributed by atoms with E-state index in [1.807, 2.05) is 24.5 Å². The molecule has 11 heteroatoms. The molecule has 4 heterocycles. The summed E-state index contributed by atoms with van der Waals surface area (Å²) in [4.78, 5) is 33.7. The van der Waals surface area contributed by atoms with Gasteiger partial charge in [-0.2, -0.15) is 0 Å². The van der Waals surface area contributed by atoms with Gasteiger partial charge in [-0.25, -0.2) is 14.8 Å². The second kappa shape index (κ2) is 11.6. The Morgan fingerprint density at radius 1 is 0.789 bits per heavy atom. The molecule has 2 N–H and O–H groups in total. The predicted molar refractivity (Wildman–Crippen MR) is 150 cm³/mol. The van der Waals surface area contributed by atoms with Crippen molar-refractivity contribution < 1.29 is 14.3 Å². The molecular formula is C27H32N6O3S2. The van der Waals surface area contributed by atoms with Crippen LogP contribution in [0.4, 0.5) is 4.79 Å². The zero-order valence-corrected chi connectivity index (χ0v) is 23.5. The summed E-state index contributed by atoms with van der Waals surface area (Å²) in [5.74, 6) is 1.14. The third-order valence-electron chi connectivity index (χ3n) is 6.24. The number of aromatic amines is 2. The Bertz CT molecular complexity index is 1240. The minimum absolute atomic E-state index is 0.208. The van der Waals surface area contributed by atoms with Gasteiger partial charge in [0.2, 0.25) is 9.87 Å². The Morgan fingerprint density at radius 2 is 1.21 bits per heavy atom. The number of pyridine rings is 2. The Hall–Kier alpha value is -3.31. The molecule has 0 fully saturated rings. The number of imidazole rings is 2. The van der Waals surface area contributed by atoms with Crippen molar-refractivity contribution in [1.82, 2.24) is 29.9 Å². The molecule has 200 valence electrons. The number of nitrogens with one attached hydrogen (secondary N) is 2. The van der Waals surface area contributed by atoms with Gasteiger partial charge in [0.1, 0.15) is 0 Å². The lowest BCUT2D eigenvalue weighted by atomic mass is 9.95. The first kappa shape index (κ1) is 27.7. The minimum atomic E-state index is -1.46. The highest BCUT2D eigenvalue weighted by atomic mass is 32.1. The summed E-state index contributed by atoms with van der Waals surface area (Å²) in [6.07, 6.45) is 13.0. The number of hydrogen-bond acceptors (Lipinski definition) is 9. The molecule has 0 aromatic carbocycles. The number of aromatic nitrogens is 6. The van der Waals surface area contributed by atoms with Gasteiger partial charge in [-0.1, -0.05) is 27.7 Å². The van der Waals surface area contributed by atoms with Crippen molar-refractivity contribution in [3.8, 4) is 0 Å². The van der Waals surface area contributed by atoms with E-state index in [0.717, 1.165) is 22.3 Å². The van der Waals surface area contributed by atoms with Crippen LogP contribution < -0.4 is 0 Å². The van der Waals surface area contributed by atoms with Gasteiger partial charge in [-0.3, -0.25) is 9.97 Å². The van der Waals surface area contributed by atoms with Crippen LogP contribution in [-0.2, 0) is 32.2 Å². The summed E-state index contributed by atoms with van der Waals surface area (Å²) in [5.41, 5.74) is 3.89. The number of nitrogens with zero attached hydrogens (tertiary/aromatic N) is 4. The molecule has 2 atom stereocenters. The van der Waals surface area contributed by atoms with Crippen LogP contribution in [0.3, 0.4) is 0 Å². The van der Waals surface area contributed by atoms with Crippen molar-refractivity contribution in [1.29, 1.82) is 0 Å². The molecule has 0 saturated carbocycles. The molecular weight excluding hydrogens is 520 g/mol. The smallest absolute Gasteiger partial charge is 0.408 e. The third kappa shape index (κ3) is 6.21. The Labute approximate surface area is 233 Å². The van der Waals surface area contributed by atoms with E-state index in [9.17, 15) is 4.79 Å². The number of carbonyl (C=O) groups excluding carboxylic acids is 1. The van der Waals surface area contributed by atoms with E-state index in [0.29, 0.717) is 11.6 Å². The summed E-state index contributed by atoms with van der Waals surface area (Å²) >= 11 is 9.63. The summed E-state index contributed by atoms with van der Waals surface area (Å²) < 4.78 is 11.8. The average molecular weight is 553 g/mol. The lowest BCUT2D eigenvalue weighted by Crippen LogP contribution is -2.36. The molecule has 0 saturated heterocycles. The maximum atomic E-state index is 13.4. The second-order valence-electron chi connectivity index (χ2n) is 9.71. The van der Waals surface area contributed by atoms with Gasteiger partial charge in [0, 0.05) is 62.4 Å². The molecule has 4 aromatic rings. The molecule has 0 aliphatic rings. The summed E-state index contributed by atoms with van der Waals surface area (Å²) in [7, 11) is 0. The van der Waals surface area contributed by atoms with E-state index < -0.39 is 16.0 Å². The van der Waals surface area contributed by atoms with Gasteiger partial charge in [-0.15, -0.1) is 25.3 Å². The third-order valence-corrected chi connectivity index (χ3v) is 7.16. The van der Waals surface area contributed by atoms with Gasteiger partial charge >= 0.3 is 6.16 Å². The van der Waals surface area contributed by atoms with E-state index in [-0.39, 0.29) is 24.7 Å². The van der Waals surface area contributed by atoms with Crippen molar-refractivity contribution in [3.05, 3.63) is 95.6 Å². The molecule has 4 rings (SSSR count). The molecule has 2 unspecified atom stereocenters. The summed E-state index contributed by atoms with van der Waals surface area (Å²) in [5, 5.41) is 0. The SMILES string of the molecule is CC(C)c1cnccc1CC(S)(OC(=O)OC(S)(Cc1ccncc1C(C)C)c1ncc[nH]1)c1ncc[nH]1. The van der Waals surface area contributed by atoms with Crippen LogP contribution >= 0.6 is 25.3 Å². The van der Waals surface area contributed by atoms with E-state index in [1.165, 1.54) is 0 Å². The first-order valence-electron chi connectivity index (χ1n) is 12.3. The Morgan fingerprint density at radius 3 is 1.55 bits per heavy atom. The van der Waals surface area contributed by atoms with Crippen LogP contribution in [0.1, 0.15) is 73.4 Å². The van der Waals surface area contributed by atoms with Crippen molar-refractivity contribution in [2.24, 2.45) is 0 Å². The number of H-pyrrole nitrogens is 2. The van der Waals surface area contributed by atoms with Crippen molar-refractivity contribution in [3.63, 3.8) is 0 Å². The second-order valence-corrected chi connectivity index (χ2v) is 11.2. The zero-order chi connectivity index (χ0) is 27.3. The number of carbonyl (C=O) groups is 1. The quantitative estimate of drug-likeness (QED) is 0.114. The maximum absolute atomic E-state index is 13.4. The lowest BCUT2D eigenvalue weighted by molar-refractivity contribution is -0.0298. The predicted octanol–water partition coefficient (Wildman–Crippen LogP) is 5.67. The Kier molecular flexibility index (Phi) is 8.47. The van der Waals surface area contributed by atoms with Gasteiger partial charge in [0.25, 0.3) is 0 Å². The van der Waals surface area contributed by atoms with Gasteiger partial charge in [0.15, 0.2) is 11.6 Å². The first-order chi connectivity index (χ1) is 18.1. The fourth-order valence-corrected chi connectivity index (χ4v) is 5.07. The van der Waals surface area contributed by atoms with Crippen molar-refractivity contribution in [2.75, 3.05) is 0 Å². The average Bonchev–Trinajstić information content (AvgIpc) is 3.59. The van der Waals surface area contributed by atoms with Gasteiger partial charge in [0.05, 0.1) is 0 Å². The largest absolute Gasteiger partial charge is 0.511 e. The first-order valence-corrected chi connectivity index (χ1v) is 13.2. The van der Waals surface area contributed by atoms with E-state index in [4.69, 9.17) is 34.7 Å². The highest BCUT2D eigenvalue weighted by Gasteiger charge is 2.42. The minimum Gasteiger partial charge on any atom is -0.408 e. The molecule has 0 aliphatic carbocycles. The number of ether oxygens (including phenoxy) is 2. The molecule has 0 amide bonds. The Balaban J connectivity index is 1.64. The standard InChI is InChI=1S/C27H32N6O3S2/c1-17(2)21-15-28-7-5-19(21)13-26(37,23-30-9-10-31-23)35-25(34)36-27(38,24-32-11-12-33-24)14-20-6-8-29-16-22(20)18(3)4/h5-12,15-18,37-38H,13-14H2,1-4H3,(H,30,31)(H,32,33). The number of rotatable bonds is 10. The lowest BCUT2D eigenvalue weighted by Gasteiger charge is -2.31. The van der Waals surface area contributed by atoms with E-state index in [2.05, 4.69) is 57.6 Å². The normalized spacial score (nSPS) is 14.7. The fraction of sp³-hybridized carbons (Fsp3) is 0.370. The molecule has 4 aromatic heterocycles.